The Labute approximate surface area is 209 Å². The number of ketones is 1. The summed E-state index contributed by atoms with van der Waals surface area (Å²) in [5.41, 5.74) is 3.38. The molecule has 7 heteroatoms. The largest absolute Gasteiger partial charge is 0.503 e. The van der Waals surface area contributed by atoms with E-state index >= 15 is 0 Å². The predicted molar refractivity (Wildman–Crippen MR) is 137 cm³/mol. The number of hydrogen-bond acceptors (Lipinski definition) is 6. The first-order chi connectivity index (χ1) is 16.5. The Hall–Kier alpha value is -3.45. The van der Waals surface area contributed by atoms with Gasteiger partial charge < -0.3 is 14.7 Å². The molecule has 0 spiro atoms. The van der Waals surface area contributed by atoms with Crippen LogP contribution in [0, 0.1) is 13.8 Å². The molecule has 2 aromatic carbocycles. The van der Waals surface area contributed by atoms with E-state index in [1.807, 2.05) is 55.5 Å². The molecule has 2 heterocycles. The third-order valence-corrected chi connectivity index (χ3v) is 7.31. The van der Waals surface area contributed by atoms with Gasteiger partial charge in [-0.2, -0.15) is 0 Å². The number of aliphatic hydroxyl groups is 1. The molecule has 182 valence electrons. The zero-order chi connectivity index (χ0) is 25.5. The molecule has 0 fully saturated rings. The van der Waals surface area contributed by atoms with Crippen LogP contribution < -0.4 is 4.74 Å². The topological polar surface area (TPSA) is 79.7 Å². The van der Waals surface area contributed by atoms with Gasteiger partial charge in [0.1, 0.15) is 5.75 Å². The van der Waals surface area contributed by atoms with Crippen molar-refractivity contribution >= 4 is 23.0 Å². The van der Waals surface area contributed by atoms with Crippen LogP contribution in [0.5, 0.6) is 5.75 Å². The van der Waals surface area contributed by atoms with Crippen LogP contribution in [0.25, 0.3) is 0 Å². The number of benzene rings is 2. The average molecular weight is 491 g/mol. The number of aliphatic hydroxyl groups excluding tert-OH is 1. The number of carbonyl (C=O) groups excluding carboxylic acids is 2. The van der Waals surface area contributed by atoms with Crippen molar-refractivity contribution in [3.05, 3.63) is 92.1 Å². The normalized spacial score (nSPS) is 16.2. The summed E-state index contributed by atoms with van der Waals surface area (Å²) in [7, 11) is 1.59. The fraction of sp³-hybridized carbons (Fsp3) is 0.321. The van der Waals surface area contributed by atoms with Gasteiger partial charge in [-0.1, -0.05) is 57.2 Å². The molecule has 1 atom stereocenters. The van der Waals surface area contributed by atoms with Crippen molar-refractivity contribution in [1.82, 2.24) is 9.88 Å². The van der Waals surface area contributed by atoms with E-state index in [1.165, 1.54) is 11.3 Å². The van der Waals surface area contributed by atoms with Gasteiger partial charge in [0.15, 0.2) is 5.76 Å². The lowest BCUT2D eigenvalue weighted by molar-refractivity contribution is -0.130. The summed E-state index contributed by atoms with van der Waals surface area (Å²) in [6.45, 7) is 10.2. The van der Waals surface area contributed by atoms with Crippen LogP contribution in [0.4, 0.5) is 0 Å². The van der Waals surface area contributed by atoms with Gasteiger partial charge in [-0.05, 0) is 48.1 Å². The lowest BCUT2D eigenvalue weighted by Crippen LogP contribution is -2.30. The second-order valence-corrected chi connectivity index (χ2v) is 11.0. The summed E-state index contributed by atoms with van der Waals surface area (Å²) in [5, 5.41) is 11.7. The molecule has 1 aliphatic heterocycles. The molecule has 0 bridgehead atoms. The molecule has 6 nitrogen and oxygen atoms in total. The summed E-state index contributed by atoms with van der Waals surface area (Å²) in [6, 6.07) is 14.6. The van der Waals surface area contributed by atoms with Gasteiger partial charge in [-0.15, -0.1) is 11.3 Å². The number of rotatable bonds is 6. The fourth-order valence-corrected chi connectivity index (χ4v) is 5.27. The maximum absolute atomic E-state index is 13.7. The van der Waals surface area contributed by atoms with Crippen LogP contribution in [0.3, 0.4) is 0 Å². The van der Waals surface area contributed by atoms with Crippen LogP contribution in [-0.4, -0.2) is 33.8 Å². The van der Waals surface area contributed by atoms with E-state index < -0.39 is 17.7 Å². The number of methoxy groups -OCH3 is 1. The van der Waals surface area contributed by atoms with Gasteiger partial charge in [0.05, 0.1) is 34.3 Å². The number of thiazole rings is 1. The predicted octanol–water partition coefficient (Wildman–Crippen LogP) is 5.84. The number of aromatic nitrogens is 1. The van der Waals surface area contributed by atoms with Gasteiger partial charge >= 0.3 is 0 Å². The highest BCUT2D eigenvalue weighted by molar-refractivity contribution is 7.14. The van der Waals surface area contributed by atoms with E-state index in [0.717, 1.165) is 21.7 Å². The summed E-state index contributed by atoms with van der Waals surface area (Å²) in [6.07, 6.45) is 0. The van der Waals surface area contributed by atoms with E-state index in [1.54, 1.807) is 18.9 Å². The van der Waals surface area contributed by atoms with Crippen molar-refractivity contribution in [3.63, 3.8) is 0 Å². The monoisotopic (exact) mass is 490 g/mol. The number of Topliss-reactive ketones (excluding diaryl/α,β-unsaturated/α-hetero) is 1. The molecule has 0 radical (unpaired) electrons. The Morgan fingerprint density at radius 1 is 1.14 bits per heavy atom. The van der Waals surface area contributed by atoms with Crippen LogP contribution in [-0.2, 0) is 16.8 Å². The minimum atomic E-state index is -0.725. The summed E-state index contributed by atoms with van der Waals surface area (Å²) in [4.78, 5) is 33.4. The van der Waals surface area contributed by atoms with Crippen molar-refractivity contribution in [2.45, 2.75) is 52.6 Å². The highest BCUT2D eigenvalue weighted by atomic mass is 32.1. The molecule has 1 N–H and O–H groups in total. The minimum absolute atomic E-state index is 0.0434. The van der Waals surface area contributed by atoms with E-state index in [4.69, 9.17) is 4.74 Å². The molecule has 0 saturated heterocycles. The zero-order valence-electron chi connectivity index (χ0n) is 20.9. The SMILES string of the molecule is COc1cccc(CN2C(=O)C(O)=C(C(=O)c3sc(C)nc3C)C2c2ccc(C(C)(C)C)cc2)c1. The molecular formula is C28H30N2O4S. The molecule has 1 unspecified atom stereocenters. The Kier molecular flexibility index (Phi) is 6.56. The van der Waals surface area contributed by atoms with Crippen LogP contribution in [0.1, 0.15) is 63.9 Å². The molecule has 0 saturated carbocycles. The van der Waals surface area contributed by atoms with Crippen molar-refractivity contribution in [2.75, 3.05) is 7.11 Å². The first-order valence-corrected chi connectivity index (χ1v) is 12.3. The highest BCUT2D eigenvalue weighted by Crippen LogP contribution is 2.41. The quantitative estimate of drug-likeness (QED) is 0.439. The van der Waals surface area contributed by atoms with Gasteiger partial charge in [0.2, 0.25) is 5.78 Å². The standard InChI is InChI=1S/C28H30N2O4S/c1-16-26(35-17(2)29-16)24(31)22-23(19-10-12-20(13-11-19)28(3,4)5)30(27(33)25(22)32)15-18-8-7-9-21(14-18)34-6/h7-14,23,32H,15H2,1-6H3. The van der Waals surface area contributed by atoms with Gasteiger partial charge in [0.25, 0.3) is 5.91 Å². The molecule has 1 amide bonds. The number of carbonyl (C=O) groups is 2. The molecule has 35 heavy (non-hydrogen) atoms. The molecule has 3 aromatic rings. The third kappa shape index (κ3) is 4.73. The maximum atomic E-state index is 13.7. The van der Waals surface area contributed by atoms with Crippen molar-refractivity contribution < 1.29 is 19.4 Å². The van der Waals surface area contributed by atoms with Crippen LogP contribution in [0.2, 0.25) is 0 Å². The molecular weight excluding hydrogens is 460 g/mol. The average Bonchev–Trinajstić information content (AvgIpc) is 3.28. The smallest absolute Gasteiger partial charge is 0.290 e. The Morgan fingerprint density at radius 3 is 2.40 bits per heavy atom. The molecule has 1 aromatic heterocycles. The molecule has 0 aliphatic carbocycles. The number of nitrogens with zero attached hydrogens (tertiary/aromatic N) is 2. The second kappa shape index (κ2) is 9.30. The third-order valence-electron chi connectivity index (χ3n) is 6.24. The van der Waals surface area contributed by atoms with E-state index in [2.05, 4.69) is 25.8 Å². The molecule has 4 rings (SSSR count). The zero-order valence-corrected chi connectivity index (χ0v) is 21.7. The van der Waals surface area contributed by atoms with Crippen LogP contribution >= 0.6 is 11.3 Å². The fourth-order valence-electron chi connectivity index (χ4n) is 4.39. The highest BCUT2D eigenvalue weighted by Gasteiger charge is 2.44. The summed E-state index contributed by atoms with van der Waals surface area (Å²) < 4.78 is 5.33. The van der Waals surface area contributed by atoms with Crippen LogP contribution in [0.15, 0.2) is 59.9 Å². The Balaban J connectivity index is 1.81. The van der Waals surface area contributed by atoms with E-state index in [0.29, 0.717) is 16.3 Å². The summed E-state index contributed by atoms with van der Waals surface area (Å²) >= 11 is 1.27. The Morgan fingerprint density at radius 2 is 1.83 bits per heavy atom. The number of aryl methyl sites for hydroxylation is 2. The first-order valence-electron chi connectivity index (χ1n) is 11.5. The van der Waals surface area contributed by atoms with Crippen molar-refractivity contribution in [3.8, 4) is 5.75 Å². The summed E-state index contributed by atoms with van der Waals surface area (Å²) in [5.74, 6) is -0.769. The van der Waals surface area contributed by atoms with Crippen molar-refractivity contribution in [1.29, 1.82) is 0 Å². The number of amides is 1. The Bertz CT molecular complexity index is 1320. The van der Waals surface area contributed by atoms with E-state index in [9.17, 15) is 14.7 Å². The van der Waals surface area contributed by atoms with Crippen molar-refractivity contribution in [2.24, 2.45) is 0 Å². The van der Waals surface area contributed by atoms with E-state index in [-0.39, 0.29) is 23.3 Å². The minimum Gasteiger partial charge on any atom is -0.503 e. The molecule has 1 aliphatic rings. The number of ether oxygens (including phenoxy) is 1. The first kappa shape index (κ1) is 24.7. The van der Waals surface area contributed by atoms with Gasteiger partial charge in [-0.3, -0.25) is 9.59 Å². The number of hydrogen-bond donors (Lipinski definition) is 1. The lowest BCUT2D eigenvalue weighted by atomic mass is 9.85. The lowest BCUT2D eigenvalue weighted by Gasteiger charge is -2.28. The van der Waals surface area contributed by atoms with Gasteiger partial charge in [0, 0.05) is 6.54 Å². The maximum Gasteiger partial charge on any atom is 0.290 e. The van der Waals surface area contributed by atoms with Gasteiger partial charge in [-0.25, -0.2) is 4.98 Å². The second-order valence-electron chi connectivity index (χ2n) is 9.80.